The van der Waals surface area contributed by atoms with Crippen molar-refractivity contribution in [3.63, 3.8) is 0 Å². The molecule has 0 radical (unpaired) electrons. The molecule has 0 aliphatic heterocycles. The molecule has 0 fully saturated rings. The second-order valence-electron chi connectivity index (χ2n) is 1.64. The molecule has 0 aliphatic carbocycles. The first kappa shape index (κ1) is 7.93. The van der Waals surface area contributed by atoms with Crippen LogP contribution in [0.4, 0.5) is 3.89 Å². The fourth-order valence-electron chi connectivity index (χ4n) is 0.498. The Balaban J connectivity index is 2.82. The van der Waals surface area contributed by atoms with Crippen molar-refractivity contribution in [1.82, 2.24) is 4.98 Å². The van der Waals surface area contributed by atoms with Gasteiger partial charge >= 0.3 is 10.5 Å². The quantitative estimate of drug-likeness (QED) is 0.623. The van der Waals surface area contributed by atoms with Gasteiger partial charge in [0.25, 0.3) is 0 Å². The van der Waals surface area contributed by atoms with Crippen molar-refractivity contribution in [3.05, 3.63) is 24.4 Å². The molecule has 0 aliphatic rings. The Morgan fingerprint density at radius 2 is 2.18 bits per heavy atom. The lowest BCUT2D eigenvalue weighted by molar-refractivity contribution is 0.432. The number of nitrogens with zero attached hydrogens (tertiary/aromatic N) is 1. The summed E-state index contributed by atoms with van der Waals surface area (Å²) in [5.74, 6) is -0.282. The lowest BCUT2D eigenvalue weighted by Crippen LogP contribution is -2.01. The first-order valence-electron chi connectivity index (χ1n) is 2.63. The maximum atomic E-state index is 11.8. The zero-order chi connectivity index (χ0) is 8.32. The molecule has 11 heavy (non-hydrogen) atoms. The lowest BCUT2D eigenvalue weighted by atomic mass is 10.5. The molecule has 1 heterocycles. The Morgan fingerprint density at radius 3 is 2.64 bits per heavy atom. The van der Waals surface area contributed by atoms with Crippen molar-refractivity contribution < 1.29 is 16.5 Å². The van der Waals surface area contributed by atoms with Crippen molar-refractivity contribution in [2.24, 2.45) is 0 Å². The van der Waals surface area contributed by atoms with Crippen LogP contribution < -0.4 is 4.18 Å². The predicted molar refractivity (Wildman–Crippen MR) is 34.9 cm³/mol. The molecule has 0 unspecified atom stereocenters. The molecule has 0 amide bonds. The molecule has 0 saturated heterocycles. The fraction of sp³-hybridized carbons (Fsp3) is 0. The van der Waals surface area contributed by atoms with Crippen LogP contribution >= 0.6 is 0 Å². The highest BCUT2D eigenvalue weighted by molar-refractivity contribution is 7.81. The van der Waals surface area contributed by atoms with Crippen LogP contribution in [0.3, 0.4) is 0 Å². The summed E-state index contributed by atoms with van der Waals surface area (Å²) in [6, 6.07) is 4.27. The first-order chi connectivity index (χ1) is 5.08. The minimum atomic E-state index is -4.94. The standard InChI is InChI=1S/C5H4FNO3S/c6-11(8,9)10-5-3-1-2-4-7-5/h1-4H. The highest BCUT2D eigenvalue weighted by Gasteiger charge is 2.08. The van der Waals surface area contributed by atoms with Crippen LogP contribution in [-0.2, 0) is 10.5 Å². The van der Waals surface area contributed by atoms with Crippen LogP contribution in [0.15, 0.2) is 24.4 Å². The van der Waals surface area contributed by atoms with Crippen molar-refractivity contribution in [2.75, 3.05) is 0 Å². The molecule has 1 aromatic heterocycles. The number of aromatic nitrogens is 1. The highest BCUT2D eigenvalue weighted by atomic mass is 32.3. The van der Waals surface area contributed by atoms with Crippen molar-refractivity contribution in [2.45, 2.75) is 0 Å². The summed E-state index contributed by atoms with van der Waals surface area (Å²) < 4.78 is 35.3. The molecule has 60 valence electrons. The van der Waals surface area contributed by atoms with Crippen LogP contribution in [0.5, 0.6) is 5.88 Å². The number of pyridine rings is 1. The van der Waals surface area contributed by atoms with Gasteiger partial charge in [0.15, 0.2) is 0 Å². The number of halogens is 1. The fourth-order valence-corrected chi connectivity index (χ4v) is 0.801. The van der Waals surface area contributed by atoms with E-state index in [1.807, 2.05) is 0 Å². The van der Waals surface area contributed by atoms with Gasteiger partial charge in [-0.2, -0.15) is 8.42 Å². The third-order valence-electron chi connectivity index (χ3n) is 0.823. The van der Waals surface area contributed by atoms with E-state index in [4.69, 9.17) is 0 Å². The van der Waals surface area contributed by atoms with E-state index in [0.717, 1.165) is 0 Å². The largest absolute Gasteiger partial charge is 0.490 e. The normalized spacial score (nSPS) is 11.0. The van der Waals surface area contributed by atoms with Gasteiger partial charge < -0.3 is 4.18 Å². The van der Waals surface area contributed by atoms with Crippen LogP contribution in [0.1, 0.15) is 0 Å². The predicted octanol–water partition coefficient (Wildman–Crippen LogP) is 0.675. The molecule has 1 rings (SSSR count). The van der Waals surface area contributed by atoms with Gasteiger partial charge in [0.05, 0.1) is 0 Å². The smallest absolute Gasteiger partial charge is 0.338 e. The Bertz CT molecular complexity index is 323. The maximum Gasteiger partial charge on any atom is 0.490 e. The monoisotopic (exact) mass is 177 g/mol. The van der Waals surface area contributed by atoms with Crippen LogP contribution in [-0.4, -0.2) is 13.4 Å². The SMILES string of the molecule is O=S(=O)(F)Oc1ccccn1. The van der Waals surface area contributed by atoms with Crippen molar-refractivity contribution >= 4 is 10.5 Å². The zero-order valence-corrected chi connectivity index (χ0v) is 6.08. The lowest BCUT2D eigenvalue weighted by Gasteiger charge is -1.95. The maximum absolute atomic E-state index is 11.8. The van der Waals surface area contributed by atoms with Crippen LogP contribution in [0.25, 0.3) is 0 Å². The molecule has 0 spiro atoms. The van der Waals surface area contributed by atoms with Gasteiger partial charge in [-0.1, -0.05) is 9.95 Å². The van der Waals surface area contributed by atoms with Gasteiger partial charge in [0, 0.05) is 12.3 Å². The second kappa shape index (κ2) is 2.83. The average Bonchev–Trinajstić information content (AvgIpc) is 1.85. The molecular formula is C5H4FNO3S. The van der Waals surface area contributed by atoms with E-state index < -0.39 is 10.5 Å². The molecule has 6 heteroatoms. The molecule has 0 bridgehead atoms. The summed E-state index contributed by atoms with van der Waals surface area (Å²) in [6.45, 7) is 0. The summed E-state index contributed by atoms with van der Waals surface area (Å²) in [7, 11) is -4.94. The summed E-state index contributed by atoms with van der Waals surface area (Å²) >= 11 is 0. The third-order valence-corrected chi connectivity index (χ3v) is 1.19. The third kappa shape index (κ3) is 2.94. The van der Waals surface area contributed by atoms with Gasteiger partial charge in [0.1, 0.15) is 0 Å². The van der Waals surface area contributed by atoms with Gasteiger partial charge in [-0.25, -0.2) is 4.98 Å². The molecule has 0 saturated carbocycles. The van der Waals surface area contributed by atoms with E-state index in [1.54, 1.807) is 6.07 Å². The highest BCUT2D eigenvalue weighted by Crippen LogP contribution is 2.07. The van der Waals surface area contributed by atoms with E-state index in [0.29, 0.717) is 0 Å². The zero-order valence-electron chi connectivity index (χ0n) is 5.27. The van der Waals surface area contributed by atoms with Gasteiger partial charge in [-0.15, -0.1) is 0 Å². The first-order valence-corrected chi connectivity index (χ1v) is 3.94. The van der Waals surface area contributed by atoms with E-state index in [9.17, 15) is 12.3 Å². The molecular weight excluding hydrogens is 173 g/mol. The van der Waals surface area contributed by atoms with Gasteiger partial charge in [-0.3, -0.25) is 0 Å². The average molecular weight is 177 g/mol. The van der Waals surface area contributed by atoms with Crippen LogP contribution in [0, 0.1) is 0 Å². The molecule has 0 N–H and O–H groups in total. The van der Waals surface area contributed by atoms with E-state index >= 15 is 0 Å². The van der Waals surface area contributed by atoms with E-state index in [2.05, 4.69) is 9.17 Å². The van der Waals surface area contributed by atoms with Crippen molar-refractivity contribution in [3.8, 4) is 5.88 Å². The number of hydrogen-bond donors (Lipinski definition) is 0. The van der Waals surface area contributed by atoms with Crippen LogP contribution in [0.2, 0.25) is 0 Å². The van der Waals surface area contributed by atoms with E-state index in [-0.39, 0.29) is 5.88 Å². The minimum absolute atomic E-state index is 0.282. The summed E-state index contributed by atoms with van der Waals surface area (Å²) in [5.41, 5.74) is 0. The molecule has 0 aromatic carbocycles. The van der Waals surface area contributed by atoms with Gasteiger partial charge in [-0.05, 0) is 6.07 Å². The van der Waals surface area contributed by atoms with Gasteiger partial charge in [0.2, 0.25) is 5.88 Å². The molecule has 0 atom stereocenters. The molecule has 1 aromatic rings. The molecule has 4 nitrogen and oxygen atoms in total. The van der Waals surface area contributed by atoms with E-state index in [1.165, 1.54) is 18.3 Å². The summed E-state index contributed by atoms with van der Waals surface area (Å²) in [4.78, 5) is 3.42. The number of hydrogen-bond acceptors (Lipinski definition) is 4. The minimum Gasteiger partial charge on any atom is -0.338 e. The summed E-state index contributed by atoms with van der Waals surface area (Å²) in [6.07, 6.45) is 1.29. The Labute approximate surface area is 63.1 Å². The number of rotatable bonds is 2. The topological polar surface area (TPSA) is 56.3 Å². The summed E-state index contributed by atoms with van der Waals surface area (Å²) in [5, 5.41) is 0. The second-order valence-corrected chi connectivity index (χ2v) is 2.60. The Morgan fingerprint density at radius 1 is 1.45 bits per heavy atom. The Hall–Kier alpha value is -1.17. The Kier molecular flexibility index (Phi) is 2.04. The van der Waals surface area contributed by atoms with Crippen molar-refractivity contribution in [1.29, 1.82) is 0 Å².